The first-order chi connectivity index (χ1) is 12.8. The number of aromatic nitrogens is 2. The largest absolute Gasteiger partial charge is 0.382 e. The lowest BCUT2D eigenvalue weighted by Crippen LogP contribution is -2.28. The number of anilines is 1. The summed E-state index contributed by atoms with van der Waals surface area (Å²) in [5, 5.41) is 6.41. The van der Waals surface area contributed by atoms with Crippen LogP contribution in [0.1, 0.15) is 39.0 Å². The van der Waals surface area contributed by atoms with E-state index >= 15 is 0 Å². The number of hydrogen-bond acceptors (Lipinski definition) is 4. The van der Waals surface area contributed by atoms with Crippen molar-refractivity contribution < 1.29 is 9.53 Å². The average Bonchev–Trinajstić information content (AvgIpc) is 3.01. The minimum atomic E-state index is 0. The van der Waals surface area contributed by atoms with Crippen LogP contribution in [0.5, 0.6) is 0 Å². The molecule has 2 aromatic rings. The summed E-state index contributed by atoms with van der Waals surface area (Å²) in [7, 11) is 0. The number of nitrogens with one attached hydrogen (secondary N) is 2. The Balaban J connectivity index is 0.00000261. The Morgan fingerprint density at radius 3 is 2.89 bits per heavy atom. The smallest absolute Gasteiger partial charge is 0.226 e. The fourth-order valence-corrected chi connectivity index (χ4v) is 3.56. The van der Waals surface area contributed by atoms with Gasteiger partial charge in [-0.05, 0) is 63.7 Å². The van der Waals surface area contributed by atoms with Gasteiger partial charge in [0.2, 0.25) is 11.9 Å². The number of halogens is 1. The van der Waals surface area contributed by atoms with Gasteiger partial charge < -0.3 is 14.6 Å². The minimum Gasteiger partial charge on any atom is -0.382 e. The predicted molar refractivity (Wildman–Crippen MR) is 112 cm³/mol. The van der Waals surface area contributed by atoms with Gasteiger partial charge in [0.05, 0.1) is 11.0 Å². The molecule has 2 N–H and O–H groups in total. The molecule has 0 spiro atoms. The number of hydrogen-bond donors (Lipinski definition) is 2. The molecule has 2 heterocycles. The van der Waals surface area contributed by atoms with E-state index in [1.54, 1.807) is 0 Å². The van der Waals surface area contributed by atoms with Crippen molar-refractivity contribution in [3.63, 3.8) is 0 Å². The summed E-state index contributed by atoms with van der Waals surface area (Å²) < 4.78 is 7.54. The zero-order valence-corrected chi connectivity index (χ0v) is 16.9. The van der Waals surface area contributed by atoms with Gasteiger partial charge in [-0.2, -0.15) is 0 Å². The van der Waals surface area contributed by atoms with E-state index in [9.17, 15) is 4.79 Å². The highest BCUT2D eigenvalue weighted by Gasteiger charge is 2.16. The zero-order chi connectivity index (χ0) is 18.2. The molecule has 1 aromatic carbocycles. The molecule has 1 aliphatic heterocycles. The van der Waals surface area contributed by atoms with E-state index in [-0.39, 0.29) is 18.3 Å². The summed E-state index contributed by atoms with van der Waals surface area (Å²) >= 11 is 0. The fourth-order valence-electron chi connectivity index (χ4n) is 3.56. The highest BCUT2D eigenvalue weighted by molar-refractivity contribution is 5.91. The molecule has 1 aromatic heterocycles. The second-order valence-corrected chi connectivity index (χ2v) is 6.91. The zero-order valence-electron chi connectivity index (χ0n) is 16.1. The molecular weight excluding hydrogens is 364 g/mol. The van der Waals surface area contributed by atoms with E-state index in [1.165, 1.54) is 12.8 Å². The summed E-state index contributed by atoms with van der Waals surface area (Å²) in [5.74, 6) is 1.37. The van der Waals surface area contributed by atoms with Gasteiger partial charge in [0, 0.05) is 26.2 Å². The molecule has 0 saturated carbocycles. The third kappa shape index (κ3) is 6.19. The Morgan fingerprint density at radius 2 is 2.11 bits per heavy atom. The Kier molecular flexibility index (Phi) is 9.04. The number of ether oxygens (including phenoxy) is 1. The van der Waals surface area contributed by atoms with Gasteiger partial charge in [-0.15, -0.1) is 12.4 Å². The van der Waals surface area contributed by atoms with Gasteiger partial charge >= 0.3 is 0 Å². The Hall–Kier alpha value is -1.63. The SMILES string of the molecule is CCOCCCn1c(NC(=O)CCC2CCNCC2)nc2ccccc21.Cl. The first kappa shape index (κ1) is 21.7. The van der Waals surface area contributed by atoms with Crippen LogP contribution < -0.4 is 10.6 Å². The van der Waals surface area contributed by atoms with E-state index in [0.29, 0.717) is 24.9 Å². The molecule has 6 nitrogen and oxygen atoms in total. The van der Waals surface area contributed by atoms with Crippen LogP contribution in [0.4, 0.5) is 5.95 Å². The molecular formula is C20H31ClN4O2. The summed E-state index contributed by atoms with van der Waals surface area (Å²) in [6.07, 6.45) is 4.75. The van der Waals surface area contributed by atoms with Crippen LogP contribution in [0, 0.1) is 5.92 Å². The van der Waals surface area contributed by atoms with Gasteiger partial charge in [0.1, 0.15) is 0 Å². The molecule has 0 bridgehead atoms. The molecule has 7 heteroatoms. The maximum atomic E-state index is 12.5. The van der Waals surface area contributed by atoms with Crippen LogP contribution in [0.25, 0.3) is 11.0 Å². The molecule has 1 saturated heterocycles. The first-order valence-corrected chi connectivity index (χ1v) is 9.81. The van der Waals surface area contributed by atoms with E-state index in [1.807, 2.05) is 31.2 Å². The second-order valence-electron chi connectivity index (χ2n) is 6.91. The van der Waals surface area contributed by atoms with Gasteiger partial charge in [-0.25, -0.2) is 4.98 Å². The fraction of sp³-hybridized carbons (Fsp3) is 0.600. The molecule has 1 fully saturated rings. The summed E-state index contributed by atoms with van der Waals surface area (Å²) in [4.78, 5) is 17.1. The number of aryl methyl sites for hydroxylation is 1. The Morgan fingerprint density at radius 1 is 1.33 bits per heavy atom. The van der Waals surface area contributed by atoms with Gasteiger partial charge in [-0.3, -0.25) is 10.1 Å². The Labute approximate surface area is 167 Å². The van der Waals surface area contributed by atoms with Gasteiger partial charge in [0.25, 0.3) is 0 Å². The molecule has 3 rings (SSSR count). The number of benzene rings is 1. The molecule has 1 aliphatic rings. The number of fused-ring (bicyclic) bond motifs is 1. The lowest BCUT2D eigenvalue weighted by atomic mass is 9.93. The number of carbonyl (C=O) groups is 1. The number of imidazole rings is 1. The molecule has 0 radical (unpaired) electrons. The maximum absolute atomic E-state index is 12.5. The van der Waals surface area contributed by atoms with E-state index in [2.05, 4.69) is 20.2 Å². The number of carbonyl (C=O) groups excluding carboxylic acids is 1. The normalized spacial score (nSPS) is 14.9. The van der Waals surface area contributed by atoms with Crippen LogP contribution >= 0.6 is 12.4 Å². The van der Waals surface area contributed by atoms with Crippen molar-refractivity contribution in [2.24, 2.45) is 5.92 Å². The molecule has 0 aliphatic carbocycles. The molecule has 0 unspecified atom stereocenters. The van der Waals surface area contributed by atoms with Crippen LogP contribution in [-0.2, 0) is 16.1 Å². The van der Waals surface area contributed by atoms with Crippen LogP contribution in [0.15, 0.2) is 24.3 Å². The molecule has 0 atom stereocenters. The van der Waals surface area contributed by atoms with Gasteiger partial charge in [0.15, 0.2) is 0 Å². The van der Waals surface area contributed by atoms with Crippen molar-refractivity contribution in [3.8, 4) is 0 Å². The molecule has 150 valence electrons. The summed E-state index contributed by atoms with van der Waals surface area (Å²) in [6, 6.07) is 8.01. The topological polar surface area (TPSA) is 68.2 Å². The number of para-hydroxylation sites is 2. The first-order valence-electron chi connectivity index (χ1n) is 9.81. The lowest BCUT2D eigenvalue weighted by Gasteiger charge is -2.22. The van der Waals surface area contributed by atoms with Crippen LogP contribution in [0.2, 0.25) is 0 Å². The van der Waals surface area contributed by atoms with Crippen molar-refractivity contribution >= 4 is 35.3 Å². The maximum Gasteiger partial charge on any atom is 0.226 e. The van der Waals surface area contributed by atoms with Crippen LogP contribution in [-0.4, -0.2) is 41.8 Å². The van der Waals surface area contributed by atoms with Gasteiger partial charge in [-0.1, -0.05) is 12.1 Å². The third-order valence-corrected chi connectivity index (χ3v) is 5.02. The summed E-state index contributed by atoms with van der Waals surface area (Å²) in [6.45, 7) is 6.37. The monoisotopic (exact) mass is 394 g/mol. The van der Waals surface area contributed by atoms with E-state index in [4.69, 9.17) is 4.74 Å². The number of amides is 1. The standard InChI is InChI=1S/C20H30N4O2.ClH/c1-2-26-15-5-14-24-18-7-4-3-6-17(18)22-20(24)23-19(25)9-8-16-10-12-21-13-11-16;/h3-4,6-7,16,21H,2,5,8-15H2,1H3,(H,22,23,25);1H. The Bertz CT molecular complexity index is 713. The summed E-state index contributed by atoms with van der Waals surface area (Å²) in [5.41, 5.74) is 1.97. The average molecular weight is 395 g/mol. The van der Waals surface area contributed by atoms with E-state index in [0.717, 1.165) is 50.1 Å². The second kappa shape index (κ2) is 11.3. The highest BCUT2D eigenvalue weighted by Crippen LogP contribution is 2.22. The number of nitrogens with zero attached hydrogens (tertiary/aromatic N) is 2. The highest BCUT2D eigenvalue weighted by atomic mass is 35.5. The number of piperidine rings is 1. The van der Waals surface area contributed by atoms with Crippen molar-refractivity contribution in [2.75, 3.05) is 31.6 Å². The van der Waals surface area contributed by atoms with Crippen LogP contribution in [0.3, 0.4) is 0 Å². The van der Waals surface area contributed by atoms with Crippen molar-refractivity contribution in [2.45, 2.75) is 45.6 Å². The lowest BCUT2D eigenvalue weighted by molar-refractivity contribution is -0.116. The van der Waals surface area contributed by atoms with Crippen molar-refractivity contribution in [3.05, 3.63) is 24.3 Å². The quantitative estimate of drug-likeness (QED) is 0.637. The van der Waals surface area contributed by atoms with Crippen molar-refractivity contribution in [1.82, 2.24) is 14.9 Å². The third-order valence-electron chi connectivity index (χ3n) is 5.02. The van der Waals surface area contributed by atoms with E-state index < -0.39 is 0 Å². The minimum absolute atomic E-state index is 0. The molecule has 27 heavy (non-hydrogen) atoms. The molecule has 1 amide bonds. The number of rotatable bonds is 9. The predicted octanol–water partition coefficient (Wildman–Crippen LogP) is 3.60. The van der Waals surface area contributed by atoms with Crippen molar-refractivity contribution in [1.29, 1.82) is 0 Å².